The Kier molecular flexibility index (Phi) is 4.69. The molecule has 110 valence electrons. The van der Waals surface area contributed by atoms with Crippen molar-refractivity contribution in [3.05, 3.63) is 29.8 Å². The molecule has 3 nitrogen and oxygen atoms in total. The molecule has 3 heteroatoms. The summed E-state index contributed by atoms with van der Waals surface area (Å²) < 4.78 is 5.80. The lowest BCUT2D eigenvalue weighted by Crippen LogP contribution is -2.26. The van der Waals surface area contributed by atoms with E-state index in [0.29, 0.717) is 18.9 Å². The van der Waals surface area contributed by atoms with Crippen LogP contribution in [0.15, 0.2) is 24.3 Å². The van der Waals surface area contributed by atoms with Crippen LogP contribution < -0.4 is 4.74 Å². The Morgan fingerprint density at radius 2 is 2.10 bits per heavy atom. The molecule has 1 aliphatic rings. The first kappa shape index (κ1) is 14.9. The molecule has 20 heavy (non-hydrogen) atoms. The third-order valence-electron chi connectivity index (χ3n) is 3.71. The number of carbonyl (C=O) groups is 1. The molecule has 1 aromatic carbocycles. The lowest BCUT2D eigenvalue weighted by atomic mass is 9.87. The molecule has 1 saturated heterocycles. The lowest BCUT2D eigenvalue weighted by molar-refractivity contribution is -0.127. The number of carbonyl (C=O) groups excluding carboxylic acids is 1. The molecule has 1 fully saturated rings. The van der Waals surface area contributed by atoms with Gasteiger partial charge in [-0.25, -0.2) is 0 Å². The molecule has 0 radical (unpaired) electrons. The van der Waals surface area contributed by atoms with Crippen LogP contribution in [-0.2, 0) is 10.2 Å². The molecule has 0 atom stereocenters. The van der Waals surface area contributed by atoms with E-state index in [-0.39, 0.29) is 5.41 Å². The van der Waals surface area contributed by atoms with Gasteiger partial charge < -0.3 is 9.64 Å². The first-order valence-electron chi connectivity index (χ1n) is 7.48. The molecule has 1 aliphatic heterocycles. The Morgan fingerprint density at radius 1 is 1.30 bits per heavy atom. The summed E-state index contributed by atoms with van der Waals surface area (Å²) in [4.78, 5) is 13.4. The third kappa shape index (κ3) is 3.99. The first-order valence-corrected chi connectivity index (χ1v) is 7.48. The van der Waals surface area contributed by atoms with Gasteiger partial charge in [0.2, 0.25) is 5.91 Å². The van der Waals surface area contributed by atoms with E-state index in [1.54, 1.807) is 0 Å². The first-order chi connectivity index (χ1) is 9.47. The Bertz CT molecular complexity index is 462. The molecule has 0 aliphatic carbocycles. The molecule has 0 saturated carbocycles. The summed E-state index contributed by atoms with van der Waals surface area (Å²) in [6, 6.07) is 8.28. The second kappa shape index (κ2) is 6.29. The molecule has 0 spiro atoms. The van der Waals surface area contributed by atoms with Gasteiger partial charge in [0.15, 0.2) is 0 Å². The zero-order valence-electron chi connectivity index (χ0n) is 12.8. The standard InChI is InChI=1S/C17H25NO2/c1-17(2,3)14-7-4-8-15(13-14)20-12-6-11-18-10-5-9-16(18)19/h4,7-8,13H,5-6,9-12H2,1-3H3. The average molecular weight is 275 g/mol. The fraction of sp³-hybridized carbons (Fsp3) is 0.588. The number of amides is 1. The highest BCUT2D eigenvalue weighted by molar-refractivity contribution is 5.77. The average Bonchev–Trinajstić information content (AvgIpc) is 2.80. The van der Waals surface area contributed by atoms with Gasteiger partial charge in [0.05, 0.1) is 6.61 Å². The van der Waals surface area contributed by atoms with Crippen LogP contribution in [0.5, 0.6) is 5.75 Å². The van der Waals surface area contributed by atoms with Crippen molar-refractivity contribution in [1.82, 2.24) is 4.90 Å². The van der Waals surface area contributed by atoms with Crippen molar-refractivity contribution in [2.75, 3.05) is 19.7 Å². The van der Waals surface area contributed by atoms with Crippen LogP contribution in [0, 0.1) is 0 Å². The molecule has 1 aromatic rings. The summed E-state index contributed by atoms with van der Waals surface area (Å²) in [6.45, 7) is 8.99. The molecule has 1 amide bonds. The lowest BCUT2D eigenvalue weighted by Gasteiger charge is -2.20. The number of rotatable bonds is 5. The molecule has 0 N–H and O–H groups in total. The topological polar surface area (TPSA) is 29.5 Å². The predicted octanol–water partition coefficient (Wildman–Crippen LogP) is 3.38. The fourth-order valence-electron chi connectivity index (χ4n) is 2.44. The van der Waals surface area contributed by atoms with Crippen molar-refractivity contribution in [1.29, 1.82) is 0 Å². The van der Waals surface area contributed by atoms with Gasteiger partial charge >= 0.3 is 0 Å². The second-order valence-corrected chi connectivity index (χ2v) is 6.46. The van der Waals surface area contributed by atoms with Gasteiger partial charge in [-0.2, -0.15) is 0 Å². The van der Waals surface area contributed by atoms with Crippen molar-refractivity contribution < 1.29 is 9.53 Å². The summed E-state index contributed by atoms with van der Waals surface area (Å²) in [5.41, 5.74) is 1.42. The van der Waals surface area contributed by atoms with Crippen molar-refractivity contribution in [3.63, 3.8) is 0 Å². The monoisotopic (exact) mass is 275 g/mol. The summed E-state index contributed by atoms with van der Waals surface area (Å²) in [7, 11) is 0. The van der Waals surface area contributed by atoms with Crippen LogP contribution in [0.3, 0.4) is 0 Å². The minimum Gasteiger partial charge on any atom is -0.494 e. The van der Waals surface area contributed by atoms with E-state index >= 15 is 0 Å². The maximum atomic E-state index is 11.5. The van der Waals surface area contributed by atoms with Crippen LogP contribution in [0.2, 0.25) is 0 Å². The fourth-order valence-corrected chi connectivity index (χ4v) is 2.44. The van der Waals surface area contributed by atoms with E-state index in [9.17, 15) is 4.79 Å². The van der Waals surface area contributed by atoms with Crippen molar-refractivity contribution >= 4 is 5.91 Å². The molecule has 0 unspecified atom stereocenters. The number of ether oxygens (including phenoxy) is 1. The van der Waals surface area contributed by atoms with Gasteiger partial charge in [-0.1, -0.05) is 32.9 Å². The number of hydrogen-bond donors (Lipinski definition) is 0. The Labute approximate surface area is 121 Å². The maximum Gasteiger partial charge on any atom is 0.222 e. The van der Waals surface area contributed by atoms with Gasteiger partial charge in [0, 0.05) is 19.5 Å². The maximum absolute atomic E-state index is 11.5. The third-order valence-corrected chi connectivity index (χ3v) is 3.71. The van der Waals surface area contributed by atoms with Gasteiger partial charge in [0.25, 0.3) is 0 Å². The highest BCUT2D eigenvalue weighted by atomic mass is 16.5. The largest absolute Gasteiger partial charge is 0.494 e. The second-order valence-electron chi connectivity index (χ2n) is 6.46. The van der Waals surface area contributed by atoms with E-state index in [2.05, 4.69) is 32.9 Å². The van der Waals surface area contributed by atoms with Gasteiger partial charge in [0.1, 0.15) is 5.75 Å². The summed E-state index contributed by atoms with van der Waals surface area (Å²) >= 11 is 0. The molecule has 0 bridgehead atoms. The minimum atomic E-state index is 0.140. The normalized spacial score (nSPS) is 15.8. The molecule has 1 heterocycles. The zero-order chi connectivity index (χ0) is 14.6. The summed E-state index contributed by atoms with van der Waals surface area (Å²) in [5.74, 6) is 1.21. The Hall–Kier alpha value is -1.51. The number of nitrogens with zero attached hydrogens (tertiary/aromatic N) is 1. The summed E-state index contributed by atoms with van der Waals surface area (Å²) in [5, 5.41) is 0. The Morgan fingerprint density at radius 3 is 2.75 bits per heavy atom. The molecular formula is C17H25NO2. The Balaban J connectivity index is 1.78. The number of benzene rings is 1. The van der Waals surface area contributed by atoms with Crippen molar-refractivity contribution in [2.45, 2.75) is 45.4 Å². The molecule has 0 aromatic heterocycles. The molecule has 2 rings (SSSR count). The SMILES string of the molecule is CC(C)(C)c1cccc(OCCCN2CCCC2=O)c1. The van der Waals surface area contributed by atoms with E-state index in [1.165, 1.54) is 5.56 Å². The smallest absolute Gasteiger partial charge is 0.222 e. The van der Waals surface area contributed by atoms with Gasteiger partial charge in [-0.05, 0) is 36.0 Å². The van der Waals surface area contributed by atoms with E-state index in [4.69, 9.17) is 4.74 Å². The van der Waals surface area contributed by atoms with E-state index in [0.717, 1.165) is 31.7 Å². The van der Waals surface area contributed by atoms with Crippen LogP contribution >= 0.6 is 0 Å². The van der Waals surface area contributed by atoms with Crippen molar-refractivity contribution in [2.24, 2.45) is 0 Å². The highest BCUT2D eigenvalue weighted by Crippen LogP contribution is 2.25. The van der Waals surface area contributed by atoms with Gasteiger partial charge in [-0.3, -0.25) is 4.79 Å². The van der Waals surface area contributed by atoms with Crippen LogP contribution in [0.1, 0.15) is 45.6 Å². The van der Waals surface area contributed by atoms with Crippen molar-refractivity contribution in [3.8, 4) is 5.75 Å². The van der Waals surface area contributed by atoms with Crippen LogP contribution in [0.25, 0.3) is 0 Å². The predicted molar refractivity (Wildman–Crippen MR) is 81.1 cm³/mol. The van der Waals surface area contributed by atoms with Crippen LogP contribution in [-0.4, -0.2) is 30.5 Å². The van der Waals surface area contributed by atoms with Crippen LogP contribution in [0.4, 0.5) is 0 Å². The minimum absolute atomic E-state index is 0.140. The number of hydrogen-bond acceptors (Lipinski definition) is 2. The quantitative estimate of drug-likeness (QED) is 0.771. The summed E-state index contributed by atoms with van der Waals surface area (Å²) in [6.07, 6.45) is 2.62. The zero-order valence-corrected chi connectivity index (χ0v) is 12.8. The highest BCUT2D eigenvalue weighted by Gasteiger charge is 2.19. The van der Waals surface area contributed by atoms with E-state index < -0.39 is 0 Å². The van der Waals surface area contributed by atoms with Gasteiger partial charge in [-0.15, -0.1) is 0 Å². The molecular weight excluding hydrogens is 250 g/mol. The van der Waals surface area contributed by atoms with E-state index in [1.807, 2.05) is 17.0 Å². The number of likely N-dealkylation sites (tertiary alicyclic amines) is 1.